The van der Waals surface area contributed by atoms with E-state index >= 15 is 0 Å². The van der Waals surface area contributed by atoms with Crippen LogP contribution in [0.15, 0.2) is 42.5 Å². The van der Waals surface area contributed by atoms with Crippen LogP contribution in [-0.2, 0) is 0 Å². The molecule has 0 aliphatic heterocycles. The molecule has 2 aromatic carbocycles. The van der Waals surface area contributed by atoms with Crippen LogP contribution in [0.2, 0.25) is 0 Å². The standard InChI is InChI=1S/C18H21FO/c1-3-4-5-12-20-18-11-10-16(13-17(18)19)15-8-6-14(2)7-9-15/h6-11,13H,3-5,12H2,1-2H3. The lowest BCUT2D eigenvalue weighted by Gasteiger charge is -2.09. The van der Waals surface area contributed by atoms with Crippen molar-refractivity contribution < 1.29 is 9.13 Å². The van der Waals surface area contributed by atoms with E-state index in [1.54, 1.807) is 12.1 Å². The summed E-state index contributed by atoms with van der Waals surface area (Å²) < 4.78 is 19.5. The molecular weight excluding hydrogens is 251 g/mol. The van der Waals surface area contributed by atoms with E-state index in [-0.39, 0.29) is 5.82 Å². The van der Waals surface area contributed by atoms with E-state index in [1.165, 1.54) is 5.56 Å². The van der Waals surface area contributed by atoms with Gasteiger partial charge in [-0.3, -0.25) is 0 Å². The molecular formula is C18H21FO. The Labute approximate surface area is 120 Å². The molecule has 20 heavy (non-hydrogen) atoms. The molecule has 0 saturated carbocycles. The van der Waals surface area contributed by atoms with Crippen LogP contribution in [0.5, 0.6) is 5.75 Å². The van der Waals surface area contributed by atoms with Crippen LogP contribution in [0.3, 0.4) is 0 Å². The van der Waals surface area contributed by atoms with Crippen LogP contribution >= 0.6 is 0 Å². The van der Waals surface area contributed by atoms with Crippen molar-refractivity contribution in [1.29, 1.82) is 0 Å². The van der Waals surface area contributed by atoms with E-state index in [4.69, 9.17) is 4.74 Å². The van der Waals surface area contributed by atoms with Gasteiger partial charge in [-0.05, 0) is 36.6 Å². The Morgan fingerprint density at radius 1 is 0.950 bits per heavy atom. The predicted molar refractivity (Wildman–Crippen MR) is 81.6 cm³/mol. The molecule has 2 rings (SSSR count). The van der Waals surface area contributed by atoms with Gasteiger partial charge in [0.15, 0.2) is 11.6 Å². The third kappa shape index (κ3) is 3.83. The maximum Gasteiger partial charge on any atom is 0.165 e. The van der Waals surface area contributed by atoms with Crippen molar-refractivity contribution in [2.45, 2.75) is 33.1 Å². The molecule has 0 bridgehead atoms. The lowest BCUT2D eigenvalue weighted by atomic mass is 10.0. The SMILES string of the molecule is CCCCCOc1ccc(-c2ccc(C)cc2)cc1F. The number of aryl methyl sites for hydroxylation is 1. The fourth-order valence-electron chi connectivity index (χ4n) is 2.08. The third-order valence-corrected chi connectivity index (χ3v) is 3.32. The largest absolute Gasteiger partial charge is 0.491 e. The van der Waals surface area contributed by atoms with Crippen molar-refractivity contribution in [3.63, 3.8) is 0 Å². The minimum absolute atomic E-state index is 0.292. The molecule has 0 spiro atoms. The molecule has 0 aliphatic carbocycles. The maximum absolute atomic E-state index is 14.0. The van der Waals surface area contributed by atoms with Crippen molar-refractivity contribution in [1.82, 2.24) is 0 Å². The summed E-state index contributed by atoms with van der Waals surface area (Å²) in [6, 6.07) is 13.2. The van der Waals surface area contributed by atoms with Gasteiger partial charge in [-0.15, -0.1) is 0 Å². The Morgan fingerprint density at radius 2 is 1.65 bits per heavy atom. The Morgan fingerprint density at radius 3 is 2.30 bits per heavy atom. The molecule has 2 heteroatoms. The van der Waals surface area contributed by atoms with Gasteiger partial charge in [0, 0.05) is 0 Å². The Bertz CT molecular complexity index is 546. The molecule has 0 N–H and O–H groups in total. The topological polar surface area (TPSA) is 9.23 Å². The smallest absolute Gasteiger partial charge is 0.165 e. The monoisotopic (exact) mass is 272 g/mol. The van der Waals surface area contributed by atoms with E-state index in [9.17, 15) is 4.39 Å². The van der Waals surface area contributed by atoms with Gasteiger partial charge in [0.25, 0.3) is 0 Å². The second-order valence-corrected chi connectivity index (χ2v) is 5.07. The lowest BCUT2D eigenvalue weighted by Crippen LogP contribution is -1.99. The normalized spacial score (nSPS) is 10.6. The minimum atomic E-state index is -0.292. The molecule has 0 aromatic heterocycles. The maximum atomic E-state index is 14.0. The fraction of sp³-hybridized carbons (Fsp3) is 0.333. The molecule has 2 aromatic rings. The molecule has 106 valence electrons. The summed E-state index contributed by atoms with van der Waals surface area (Å²) in [4.78, 5) is 0. The van der Waals surface area contributed by atoms with Crippen molar-refractivity contribution in [2.75, 3.05) is 6.61 Å². The van der Waals surface area contributed by atoms with Gasteiger partial charge in [0.05, 0.1) is 6.61 Å². The number of hydrogen-bond acceptors (Lipinski definition) is 1. The van der Waals surface area contributed by atoms with Crippen molar-refractivity contribution >= 4 is 0 Å². The Kier molecular flexibility index (Phi) is 5.16. The van der Waals surface area contributed by atoms with Crippen LogP contribution in [-0.4, -0.2) is 6.61 Å². The minimum Gasteiger partial charge on any atom is -0.491 e. The van der Waals surface area contributed by atoms with Crippen LogP contribution in [0.1, 0.15) is 31.7 Å². The van der Waals surface area contributed by atoms with E-state index < -0.39 is 0 Å². The van der Waals surface area contributed by atoms with E-state index in [2.05, 4.69) is 6.92 Å². The van der Waals surface area contributed by atoms with Crippen LogP contribution in [0.4, 0.5) is 4.39 Å². The molecule has 0 aliphatic rings. The highest BCUT2D eigenvalue weighted by Gasteiger charge is 2.06. The first-order valence-electron chi connectivity index (χ1n) is 7.20. The molecule has 0 fully saturated rings. The number of unbranched alkanes of at least 4 members (excludes halogenated alkanes) is 2. The quantitative estimate of drug-likeness (QED) is 0.642. The summed E-state index contributed by atoms with van der Waals surface area (Å²) >= 11 is 0. The van der Waals surface area contributed by atoms with Crippen molar-refractivity contribution in [2.24, 2.45) is 0 Å². The molecule has 0 amide bonds. The molecule has 0 unspecified atom stereocenters. The van der Waals surface area contributed by atoms with E-state index in [0.29, 0.717) is 12.4 Å². The van der Waals surface area contributed by atoms with Crippen LogP contribution < -0.4 is 4.74 Å². The summed E-state index contributed by atoms with van der Waals surface area (Å²) in [7, 11) is 0. The van der Waals surface area contributed by atoms with Gasteiger partial charge >= 0.3 is 0 Å². The fourth-order valence-corrected chi connectivity index (χ4v) is 2.08. The zero-order chi connectivity index (χ0) is 14.4. The molecule has 0 heterocycles. The first kappa shape index (κ1) is 14.6. The zero-order valence-electron chi connectivity index (χ0n) is 12.2. The lowest BCUT2D eigenvalue weighted by molar-refractivity contribution is 0.291. The van der Waals surface area contributed by atoms with Gasteiger partial charge in [-0.2, -0.15) is 0 Å². The summed E-state index contributed by atoms with van der Waals surface area (Å²) in [5, 5.41) is 0. The van der Waals surface area contributed by atoms with E-state index in [1.807, 2.05) is 37.3 Å². The number of ether oxygens (including phenoxy) is 1. The van der Waals surface area contributed by atoms with Gasteiger partial charge in [-0.1, -0.05) is 55.7 Å². The van der Waals surface area contributed by atoms with Gasteiger partial charge in [0.1, 0.15) is 0 Å². The average Bonchev–Trinajstić information content (AvgIpc) is 2.46. The molecule has 1 nitrogen and oxygen atoms in total. The first-order valence-corrected chi connectivity index (χ1v) is 7.20. The number of rotatable bonds is 6. The highest BCUT2D eigenvalue weighted by atomic mass is 19.1. The third-order valence-electron chi connectivity index (χ3n) is 3.32. The second kappa shape index (κ2) is 7.09. The zero-order valence-corrected chi connectivity index (χ0v) is 12.2. The summed E-state index contributed by atoms with van der Waals surface area (Å²) in [6.45, 7) is 4.75. The number of benzene rings is 2. The first-order chi connectivity index (χ1) is 9.70. The highest BCUT2D eigenvalue weighted by Crippen LogP contribution is 2.26. The van der Waals surface area contributed by atoms with Crippen LogP contribution in [0.25, 0.3) is 11.1 Å². The van der Waals surface area contributed by atoms with Gasteiger partial charge in [-0.25, -0.2) is 4.39 Å². The molecule has 0 atom stereocenters. The van der Waals surface area contributed by atoms with Crippen molar-refractivity contribution in [3.8, 4) is 16.9 Å². The van der Waals surface area contributed by atoms with Gasteiger partial charge < -0.3 is 4.74 Å². The Hall–Kier alpha value is -1.83. The van der Waals surface area contributed by atoms with E-state index in [0.717, 1.165) is 30.4 Å². The van der Waals surface area contributed by atoms with Gasteiger partial charge in [0.2, 0.25) is 0 Å². The second-order valence-electron chi connectivity index (χ2n) is 5.07. The number of hydrogen-bond donors (Lipinski definition) is 0. The summed E-state index contributed by atoms with van der Waals surface area (Å²) in [5.74, 6) is 0.0524. The summed E-state index contributed by atoms with van der Waals surface area (Å²) in [5.41, 5.74) is 3.10. The highest BCUT2D eigenvalue weighted by molar-refractivity contribution is 5.64. The predicted octanol–water partition coefficient (Wildman–Crippen LogP) is 5.37. The van der Waals surface area contributed by atoms with Crippen molar-refractivity contribution in [3.05, 3.63) is 53.8 Å². The number of halogens is 1. The van der Waals surface area contributed by atoms with Crippen LogP contribution in [0, 0.1) is 12.7 Å². The average molecular weight is 272 g/mol. The Balaban J connectivity index is 2.07. The molecule has 0 radical (unpaired) electrons. The summed E-state index contributed by atoms with van der Waals surface area (Å²) in [6.07, 6.45) is 3.22. The molecule has 0 saturated heterocycles.